The summed E-state index contributed by atoms with van der Waals surface area (Å²) in [5.74, 6) is 1.33. The molecular formula is C21H21ClN2O3. The first-order valence-electron chi connectivity index (χ1n) is 9.06. The van der Waals surface area contributed by atoms with Crippen molar-refractivity contribution < 1.29 is 14.3 Å². The number of hydrogen-bond acceptors (Lipinski definition) is 4. The Balaban J connectivity index is 1.61. The molecule has 0 saturated heterocycles. The molecule has 0 fully saturated rings. The lowest BCUT2D eigenvalue weighted by Crippen LogP contribution is -2.24. The highest BCUT2D eigenvalue weighted by Crippen LogP contribution is 2.36. The molecular weight excluding hydrogens is 364 g/mol. The van der Waals surface area contributed by atoms with Crippen LogP contribution >= 0.6 is 11.6 Å². The number of carbonyl (C=O) groups excluding carboxylic acids is 1. The second kappa shape index (κ2) is 7.53. The Labute approximate surface area is 163 Å². The van der Waals surface area contributed by atoms with Crippen LogP contribution in [0.5, 0.6) is 11.5 Å². The minimum absolute atomic E-state index is 0.192. The third-order valence-electron chi connectivity index (χ3n) is 4.70. The molecule has 5 nitrogen and oxygen atoms in total. The molecule has 2 aliphatic heterocycles. The maximum Gasteiger partial charge on any atom is 0.250 e. The topological polar surface area (TPSA) is 59.6 Å². The van der Waals surface area contributed by atoms with E-state index in [0.29, 0.717) is 18.2 Å². The fourth-order valence-corrected chi connectivity index (χ4v) is 3.56. The molecule has 0 unspecified atom stereocenters. The van der Waals surface area contributed by atoms with E-state index in [1.54, 1.807) is 18.2 Å². The third kappa shape index (κ3) is 3.88. The van der Waals surface area contributed by atoms with Crippen molar-refractivity contribution in [2.75, 3.05) is 25.1 Å². The van der Waals surface area contributed by atoms with Crippen molar-refractivity contribution in [3.05, 3.63) is 58.1 Å². The van der Waals surface area contributed by atoms with Crippen LogP contribution in [-0.2, 0) is 11.2 Å². The predicted octanol–water partition coefficient (Wildman–Crippen LogP) is 3.94. The molecule has 2 aliphatic rings. The van der Waals surface area contributed by atoms with Crippen LogP contribution in [0.4, 0.5) is 5.69 Å². The first-order valence-corrected chi connectivity index (χ1v) is 9.43. The van der Waals surface area contributed by atoms with Gasteiger partial charge < -0.3 is 20.1 Å². The monoisotopic (exact) mass is 384 g/mol. The highest BCUT2D eigenvalue weighted by molar-refractivity contribution is 6.30. The number of halogens is 1. The Morgan fingerprint density at radius 3 is 2.74 bits per heavy atom. The maximum atomic E-state index is 12.6. The lowest BCUT2D eigenvalue weighted by Gasteiger charge is -2.23. The number of rotatable bonds is 2. The van der Waals surface area contributed by atoms with E-state index in [9.17, 15) is 4.79 Å². The van der Waals surface area contributed by atoms with Crippen LogP contribution in [-0.4, -0.2) is 25.7 Å². The van der Waals surface area contributed by atoms with E-state index in [1.165, 1.54) is 0 Å². The molecule has 2 aromatic carbocycles. The van der Waals surface area contributed by atoms with E-state index in [2.05, 4.69) is 10.6 Å². The number of hydrogen-bond donors (Lipinski definition) is 2. The number of fused-ring (bicyclic) bond motifs is 2. The van der Waals surface area contributed by atoms with Gasteiger partial charge >= 0.3 is 0 Å². The lowest BCUT2D eigenvalue weighted by molar-refractivity contribution is -0.111. The SMILES string of the molecule is Cc1cc(Cl)ccc1NC(=O)C=C1NCCc2cc3c(cc21)OCCCO3. The third-order valence-corrected chi connectivity index (χ3v) is 4.93. The zero-order valence-corrected chi connectivity index (χ0v) is 15.9. The second-order valence-corrected chi connectivity index (χ2v) is 7.13. The molecule has 2 heterocycles. The summed E-state index contributed by atoms with van der Waals surface area (Å²) in [6, 6.07) is 9.39. The van der Waals surface area contributed by atoms with Crippen molar-refractivity contribution >= 4 is 28.9 Å². The number of ether oxygens (including phenoxy) is 2. The molecule has 4 rings (SSSR count). The zero-order valence-electron chi connectivity index (χ0n) is 15.1. The summed E-state index contributed by atoms with van der Waals surface area (Å²) < 4.78 is 11.6. The molecule has 0 bridgehead atoms. The van der Waals surface area contributed by atoms with Crippen LogP contribution in [0, 0.1) is 6.92 Å². The van der Waals surface area contributed by atoms with Gasteiger partial charge in [0, 0.05) is 41.0 Å². The molecule has 2 N–H and O–H groups in total. The Bertz CT molecular complexity index is 924. The van der Waals surface area contributed by atoms with E-state index >= 15 is 0 Å². The Morgan fingerprint density at radius 2 is 1.96 bits per heavy atom. The molecule has 27 heavy (non-hydrogen) atoms. The van der Waals surface area contributed by atoms with Crippen LogP contribution in [0.2, 0.25) is 5.02 Å². The van der Waals surface area contributed by atoms with Crippen LogP contribution < -0.4 is 20.1 Å². The number of benzene rings is 2. The smallest absolute Gasteiger partial charge is 0.250 e. The van der Waals surface area contributed by atoms with Gasteiger partial charge in [0.2, 0.25) is 5.91 Å². The van der Waals surface area contributed by atoms with Crippen LogP contribution in [0.1, 0.15) is 23.1 Å². The van der Waals surface area contributed by atoms with Gasteiger partial charge in [-0.25, -0.2) is 0 Å². The minimum Gasteiger partial charge on any atom is -0.490 e. The molecule has 0 saturated carbocycles. The van der Waals surface area contributed by atoms with Gasteiger partial charge in [0.15, 0.2) is 11.5 Å². The van der Waals surface area contributed by atoms with Crippen molar-refractivity contribution in [3.8, 4) is 11.5 Å². The van der Waals surface area contributed by atoms with Crippen LogP contribution in [0.3, 0.4) is 0 Å². The van der Waals surface area contributed by atoms with Crippen molar-refractivity contribution in [1.82, 2.24) is 5.32 Å². The maximum absolute atomic E-state index is 12.6. The van der Waals surface area contributed by atoms with E-state index in [4.69, 9.17) is 21.1 Å². The first kappa shape index (κ1) is 17.7. The standard InChI is InChI=1S/C21H21ClN2O3/c1-13-9-15(22)3-4-17(13)24-21(25)12-18-16-11-20-19(26-7-2-8-27-20)10-14(16)5-6-23-18/h3-4,9-12,23H,2,5-8H2,1H3,(H,24,25). The van der Waals surface area contributed by atoms with Crippen LogP contribution in [0.25, 0.3) is 5.70 Å². The number of nitrogens with one attached hydrogen (secondary N) is 2. The summed E-state index contributed by atoms with van der Waals surface area (Å²) in [7, 11) is 0. The van der Waals surface area contributed by atoms with Gasteiger partial charge in [-0.1, -0.05) is 11.6 Å². The zero-order chi connectivity index (χ0) is 18.8. The van der Waals surface area contributed by atoms with Gasteiger partial charge in [0.05, 0.1) is 13.2 Å². The van der Waals surface area contributed by atoms with Crippen molar-refractivity contribution in [2.45, 2.75) is 19.8 Å². The average molecular weight is 385 g/mol. The summed E-state index contributed by atoms with van der Waals surface area (Å²) in [6.07, 6.45) is 3.33. The van der Waals surface area contributed by atoms with Gasteiger partial charge in [-0.3, -0.25) is 4.79 Å². The summed E-state index contributed by atoms with van der Waals surface area (Å²) >= 11 is 5.98. The Morgan fingerprint density at radius 1 is 1.19 bits per heavy atom. The Hall–Kier alpha value is -2.66. The molecule has 0 aliphatic carbocycles. The predicted molar refractivity (Wildman–Crippen MR) is 107 cm³/mol. The van der Waals surface area contributed by atoms with Gasteiger partial charge in [-0.2, -0.15) is 0 Å². The second-order valence-electron chi connectivity index (χ2n) is 6.69. The molecule has 140 valence electrons. The molecule has 0 aromatic heterocycles. The van der Waals surface area contributed by atoms with Gasteiger partial charge in [-0.05, 0) is 54.8 Å². The van der Waals surface area contributed by atoms with Gasteiger partial charge in [-0.15, -0.1) is 0 Å². The van der Waals surface area contributed by atoms with E-state index in [0.717, 1.165) is 59.0 Å². The average Bonchev–Trinajstić information content (AvgIpc) is 2.87. The first-order chi connectivity index (χ1) is 13.1. The summed E-state index contributed by atoms with van der Waals surface area (Å²) in [4.78, 5) is 12.6. The van der Waals surface area contributed by atoms with Gasteiger partial charge in [0.1, 0.15) is 0 Å². The minimum atomic E-state index is -0.192. The largest absolute Gasteiger partial charge is 0.490 e. The molecule has 0 spiro atoms. The molecule has 0 radical (unpaired) electrons. The van der Waals surface area contributed by atoms with Crippen molar-refractivity contribution in [1.29, 1.82) is 0 Å². The highest BCUT2D eigenvalue weighted by Gasteiger charge is 2.20. The quantitative estimate of drug-likeness (QED) is 0.770. The molecule has 2 aromatic rings. The number of carbonyl (C=O) groups is 1. The normalized spacial score (nSPS) is 16.9. The van der Waals surface area contributed by atoms with Crippen molar-refractivity contribution in [2.24, 2.45) is 0 Å². The molecule has 1 amide bonds. The van der Waals surface area contributed by atoms with Crippen molar-refractivity contribution in [3.63, 3.8) is 0 Å². The summed E-state index contributed by atoms with van der Waals surface area (Å²) in [5.41, 5.74) is 4.59. The summed E-state index contributed by atoms with van der Waals surface area (Å²) in [6.45, 7) is 3.98. The summed E-state index contributed by atoms with van der Waals surface area (Å²) in [5, 5.41) is 6.89. The molecule has 6 heteroatoms. The number of anilines is 1. The van der Waals surface area contributed by atoms with Gasteiger partial charge in [0.25, 0.3) is 0 Å². The lowest BCUT2D eigenvalue weighted by atomic mass is 9.96. The van der Waals surface area contributed by atoms with E-state index in [-0.39, 0.29) is 5.91 Å². The van der Waals surface area contributed by atoms with E-state index < -0.39 is 0 Å². The number of amides is 1. The fraction of sp³-hybridized carbons (Fsp3) is 0.286. The molecule has 0 atom stereocenters. The highest BCUT2D eigenvalue weighted by atomic mass is 35.5. The fourth-order valence-electron chi connectivity index (χ4n) is 3.33. The Kier molecular flexibility index (Phi) is 4.94. The van der Waals surface area contributed by atoms with E-state index in [1.807, 2.05) is 25.1 Å². The number of aryl methyl sites for hydroxylation is 1. The van der Waals surface area contributed by atoms with Crippen LogP contribution in [0.15, 0.2) is 36.4 Å².